The van der Waals surface area contributed by atoms with Crippen molar-refractivity contribution in [1.82, 2.24) is 4.90 Å². The molecule has 2 atom stereocenters. The first-order valence-electron chi connectivity index (χ1n) is 4.61. The molecule has 0 aliphatic rings. The van der Waals surface area contributed by atoms with Gasteiger partial charge in [-0.25, -0.2) is 0 Å². The van der Waals surface area contributed by atoms with Gasteiger partial charge in [0, 0.05) is 13.1 Å². The summed E-state index contributed by atoms with van der Waals surface area (Å²) in [6.07, 6.45) is -0.878. The number of carbonyl (C=O) groups excluding carboxylic acids is 2. The molecule has 0 rings (SSSR count). The molecule has 0 saturated heterocycles. The lowest BCUT2D eigenvalue weighted by atomic mass is 10.1. The molecular formula is C10H16N2O4. The number of rotatable bonds is 7. The van der Waals surface area contributed by atoms with Gasteiger partial charge in [0.05, 0.1) is 0 Å². The minimum atomic E-state index is -1.91. The van der Waals surface area contributed by atoms with Crippen LogP contribution in [0.5, 0.6) is 0 Å². The molecule has 0 aromatic carbocycles. The lowest BCUT2D eigenvalue weighted by Crippen LogP contribution is -2.49. The van der Waals surface area contributed by atoms with Crippen molar-refractivity contribution in [3.8, 4) is 0 Å². The minimum absolute atomic E-state index is 0.174. The second-order valence-corrected chi connectivity index (χ2v) is 3.11. The van der Waals surface area contributed by atoms with Crippen molar-refractivity contribution >= 4 is 11.8 Å². The number of hydrogen-bond acceptors (Lipinski definition) is 4. The highest BCUT2D eigenvalue weighted by Gasteiger charge is 2.31. The van der Waals surface area contributed by atoms with E-state index in [1.165, 1.54) is 17.1 Å². The second-order valence-electron chi connectivity index (χ2n) is 3.11. The molecule has 4 N–H and O–H groups in total. The summed E-state index contributed by atoms with van der Waals surface area (Å²) >= 11 is 0. The Morgan fingerprint density at radius 2 is 1.62 bits per heavy atom. The Kier molecular flexibility index (Phi) is 6.06. The molecule has 6 heteroatoms. The summed E-state index contributed by atoms with van der Waals surface area (Å²) in [4.78, 5) is 23.3. The van der Waals surface area contributed by atoms with Crippen molar-refractivity contribution in [2.24, 2.45) is 5.73 Å². The van der Waals surface area contributed by atoms with E-state index in [9.17, 15) is 14.7 Å². The zero-order valence-corrected chi connectivity index (χ0v) is 8.87. The first kappa shape index (κ1) is 14.3. The Balaban J connectivity index is 4.64. The van der Waals surface area contributed by atoms with Gasteiger partial charge < -0.3 is 20.8 Å². The molecule has 6 nitrogen and oxygen atoms in total. The van der Waals surface area contributed by atoms with Gasteiger partial charge in [0.25, 0.3) is 5.91 Å². The van der Waals surface area contributed by atoms with Crippen molar-refractivity contribution in [1.29, 1.82) is 0 Å². The Bertz CT molecular complexity index is 281. The number of nitrogens with two attached hydrogens (primary N) is 1. The van der Waals surface area contributed by atoms with E-state index in [0.29, 0.717) is 0 Å². The lowest BCUT2D eigenvalue weighted by Gasteiger charge is -2.23. The monoisotopic (exact) mass is 228 g/mol. The number of hydrogen-bond donors (Lipinski definition) is 3. The van der Waals surface area contributed by atoms with Crippen LogP contribution in [-0.2, 0) is 9.59 Å². The molecule has 0 aromatic heterocycles. The van der Waals surface area contributed by atoms with Crippen LogP contribution in [0.3, 0.4) is 0 Å². The normalized spacial score (nSPS) is 13.6. The highest BCUT2D eigenvalue weighted by Crippen LogP contribution is 2.01. The summed E-state index contributed by atoms with van der Waals surface area (Å²) in [7, 11) is 0. The van der Waals surface area contributed by atoms with E-state index in [-0.39, 0.29) is 13.1 Å². The molecule has 0 radical (unpaired) electrons. The van der Waals surface area contributed by atoms with Crippen LogP contribution in [0, 0.1) is 0 Å². The summed E-state index contributed by atoms with van der Waals surface area (Å²) in [5, 5.41) is 18.5. The summed E-state index contributed by atoms with van der Waals surface area (Å²) in [6.45, 7) is 7.23. The van der Waals surface area contributed by atoms with Crippen LogP contribution < -0.4 is 5.73 Å². The van der Waals surface area contributed by atoms with Gasteiger partial charge in [-0.3, -0.25) is 9.59 Å². The summed E-state index contributed by atoms with van der Waals surface area (Å²) in [5.74, 6) is -1.95. The van der Waals surface area contributed by atoms with Gasteiger partial charge in [-0.15, -0.1) is 13.2 Å². The molecule has 0 aliphatic heterocycles. The lowest BCUT2D eigenvalue weighted by molar-refractivity contribution is -0.151. The van der Waals surface area contributed by atoms with Gasteiger partial charge in [-0.2, -0.15) is 0 Å². The zero-order valence-electron chi connectivity index (χ0n) is 8.87. The van der Waals surface area contributed by atoms with E-state index in [1.807, 2.05) is 0 Å². The molecule has 0 bridgehead atoms. The van der Waals surface area contributed by atoms with Crippen molar-refractivity contribution in [3.63, 3.8) is 0 Å². The molecule has 0 unspecified atom stereocenters. The number of primary amides is 1. The standard InChI is InChI=1S/C10H16N2O4/c1-3-5-12(6-4-2)10(16)8(14)7(13)9(11)15/h3-4,7-8,13-14H,1-2,5-6H2,(H2,11,15)/t7-,8-/m1/s1. The fraction of sp³-hybridized carbons (Fsp3) is 0.400. The first-order chi connectivity index (χ1) is 7.45. The SMILES string of the molecule is C=CCN(CC=C)C(=O)[C@H](O)[C@@H](O)C(N)=O. The number of aliphatic hydroxyl groups is 2. The summed E-state index contributed by atoms with van der Waals surface area (Å²) < 4.78 is 0. The van der Waals surface area contributed by atoms with E-state index in [4.69, 9.17) is 10.8 Å². The summed E-state index contributed by atoms with van der Waals surface area (Å²) in [6, 6.07) is 0. The van der Waals surface area contributed by atoms with Crippen molar-refractivity contribution < 1.29 is 19.8 Å². The molecule has 90 valence electrons. The smallest absolute Gasteiger partial charge is 0.255 e. The van der Waals surface area contributed by atoms with Crippen LogP contribution in [0.1, 0.15) is 0 Å². The van der Waals surface area contributed by atoms with Crippen molar-refractivity contribution in [3.05, 3.63) is 25.3 Å². The van der Waals surface area contributed by atoms with Gasteiger partial charge in [0.1, 0.15) is 0 Å². The molecule has 16 heavy (non-hydrogen) atoms. The van der Waals surface area contributed by atoms with Crippen molar-refractivity contribution in [2.75, 3.05) is 13.1 Å². The van der Waals surface area contributed by atoms with E-state index in [2.05, 4.69) is 13.2 Å². The van der Waals surface area contributed by atoms with Crippen LogP contribution in [0.25, 0.3) is 0 Å². The van der Waals surface area contributed by atoms with Crippen LogP contribution in [-0.4, -0.2) is 52.2 Å². The van der Waals surface area contributed by atoms with E-state index >= 15 is 0 Å². The van der Waals surface area contributed by atoms with Gasteiger partial charge in [-0.05, 0) is 0 Å². The molecule has 0 aromatic rings. The second kappa shape index (κ2) is 6.76. The molecular weight excluding hydrogens is 212 g/mol. The fourth-order valence-electron chi connectivity index (χ4n) is 1.04. The average molecular weight is 228 g/mol. The van der Waals surface area contributed by atoms with Crippen LogP contribution in [0.4, 0.5) is 0 Å². The van der Waals surface area contributed by atoms with Gasteiger partial charge >= 0.3 is 0 Å². The number of nitrogens with zero attached hydrogens (tertiary/aromatic N) is 1. The van der Waals surface area contributed by atoms with Crippen LogP contribution in [0.2, 0.25) is 0 Å². The van der Waals surface area contributed by atoms with Gasteiger partial charge in [-0.1, -0.05) is 12.2 Å². The molecule has 0 spiro atoms. The highest BCUT2D eigenvalue weighted by molar-refractivity contribution is 5.90. The molecule has 2 amide bonds. The van der Waals surface area contributed by atoms with E-state index in [0.717, 1.165) is 0 Å². The maximum atomic E-state index is 11.6. The number of carbonyl (C=O) groups is 2. The first-order valence-corrected chi connectivity index (χ1v) is 4.61. The number of amides is 2. The quantitative estimate of drug-likeness (QED) is 0.456. The highest BCUT2D eigenvalue weighted by atomic mass is 16.3. The number of aliphatic hydroxyl groups excluding tert-OH is 2. The molecule has 0 heterocycles. The van der Waals surface area contributed by atoms with E-state index in [1.54, 1.807) is 0 Å². The van der Waals surface area contributed by atoms with Gasteiger partial charge in [0.15, 0.2) is 12.2 Å². The molecule has 0 aliphatic carbocycles. The fourth-order valence-corrected chi connectivity index (χ4v) is 1.04. The largest absolute Gasteiger partial charge is 0.380 e. The van der Waals surface area contributed by atoms with Crippen molar-refractivity contribution in [2.45, 2.75) is 12.2 Å². The van der Waals surface area contributed by atoms with Gasteiger partial charge in [0.2, 0.25) is 5.91 Å². The predicted octanol–water partition coefficient (Wildman–Crippen LogP) is -1.61. The maximum Gasteiger partial charge on any atom is 0.255 e. The zero-order chi connectivity index (χ0) is 12.7. The van der Waals surface area contributed by atoms with Crippen LogP contribution in [0.15, 0.2) is 25.3 Å². The predicted molar refractivity (Wildman–Crippen MR) is 58.2 cm³/mol. The average Bonchev–Trinajstić information content (AvgIpc) is 2.25. The Morgan fingerprint density at radius 1 is 1.19 bits per heavy atom. The van der Waals surface area contributed by atoms with E-state index < -0.39 is 24.0 Å². The minimum Gasteiger partial charge on any atom is -0.380 e. The maximum absolute atomic E-state index is 11.6. The topological polar surface area (TPSA) is 104 Å². The Labute approximate surface area is 93.7 Å². The molecule has 0 fully saturated rings. The molecule has 0 saturated carbocycles. The Morgan fingerprint density at radius 3 is 1.94 bits per heavy atom. The summed E-state index contributed by atoms with van der Waals surface area (Å²) in [5.41, 5.74) is 4.76. The Hall–Kier alpha value is -1.66. The van der Waals surface area contributed by atoms with Crippen LogP contribution >= 0.6 is 0 Å². The third-order valence-electron chi connectivity index (χ3n) is 1.85. The third-order valence-corrected chi connectivity index (χ3v) is 1.85. The third kappa shape index (κ3) is 3.84.